The molecule has 0 spiro atoms. The number of carbonyl (C=O) groups is 2. The quantitative estimate of drug-likeness (QED) is 0.469. The van der Waals surface area contributed by atoms with Crippen molar-refractivity contribution in [2.75, 3.05) is 45.9 Å². The Labute approximate surface area is 229 Å². The van der Waals surface area contributed by atoms with Crippen LogP contribution in [0.15, 0.2) is 78.9 Å². The van der Waals surface area contributed by atoms with Crippen LogP contribution < -0.4 is 14.8 Å². The Kier molecular flexibility index (Phi) is 9.09. The fourth-order valence-electron chi connectivity index (χ4n) is 4.96. The van der Waals surface area contributed by atoms with E-state index in [2.05, 4.69) is 5.32 Å². The summed E-state index contributed by atoms with van der Waals surface area (Å²) in [6.07, 6.45) is 1.41. The van der Waals surface area contributed by atoms with Crippen LogP contribution in [-0.2, 0) is 22.4 Å². The van der Waals surface area contributed by atoms with E-state index in [9.17, 15) is 9.59 Å². The number of hydrogen-bond acceptors (Lipinski definition) is 6. The molecular weight excluding hydrogens is 494 g/mol. The maximum atomic E-state index is 13.4. The van der Waals surface area contributed by atoms with Crippen LogP contribution in [0.4, 0.5) is 4.79 Å². The number of hydrogen-bond donors (Lipinski definition) is 1. The van der Waals surface area contributed by atoms with E-state index in [0.717, 1.165) is 42.1 Å². The highest BCUT2D eigenvalue weighted by Crippen LogP contribution is 2.26. The van der Waals surface area contributed by atoms with Crippen molar-refractivity contribution in [3.63, 3.8) is 0 Å². The number of carbonyl (C=O) groups excluding carboxylic acids is 2. The summed E-state index contributed by atoms with van der Waals surface area (Å²) in [5, 5.41) is 3.43. The average molecular weight is 530 g/mol. The summed E-state index contributed by atoms with van der Waals surface area (Å²) >= 11 is 0. The number of aryl methyl sites for hydroxylation is 1. The molecule has 0 bridgehead atoms. The normalized spacial score (nSPS) is 17.5. The molecule has 0 saturated carbocycles. The van der Waals surface area contributed by atoms with Gasteiger partial charge in [-0.2, -0.15) is 0 Å². The molecule has 2 aliphatic rings. The number of piperazine rings is 1. The first-order valence-corrected chi connectivity index (χ1v) is 13.6. The van der Waals surface area contributed by atoms with Gasteiger partial charge in [-0.25, -0.2) is 4.79 Å². The van der Waals surface area contributed by atoms with Gasteiger partial charge in [0.2, 0.25) is 5.91 Å². The third-order valence-electron chi connectivity index (χ3n) is 7.09. The number of para-hydroxylation sites is 2. The zero-order valence-electron chi connectivity index (χ0n) is 22.1. The lowest BCUT2D eigenvalue weighted by atomic mass is 10.0. The Morgan fingerprint density at radius 1 is 0.872 bits per heavy atom. The molecule has 0 radical (unpaired) electrons. The molecule has 2 fully saturated rings. The molecule has 3 aromatic rings. The van der Waals surface area contributed by atoms with Crippen molar-refractivity contribution >= 4 is 12.0 Å². The number of nitrogens with one attached hydrogen (secondary N) is 1. The van der Waals surface area contributed by atoms with Gasteiger partial charge >= 0.3 is 6.09 Å². The predicted octanol–water partition coefficient (Wildman–Crippen LogP) is 4.29. The van der Waals surface area contributed by atoms with Gasteiger partial charge in [-0.1, -0.05) is 48.5 Å². The standard InChI is InChI=1S/C31H35N3O5/c35-30(15-12-25-6-4-5-9-29(25)38-27-7-2-1-3-8-27)34-17-16-32-23-26(34)22-24-10-13-28(14-11-24)39-31(36)33-18-20-37-21-19-33/h1-11,13-14,26,32H,12,15-23H2. The topological polar surface area (TPSA) is 80.3 Å². The molecule has 0 aromatic heterocycles. The fourth-order valence-corrected chi connectivity index (χ4v) is 4.96. The molecule has 8 heteroatoms. The number of benzene rings is 3. The zero-order valence-corrected chi connectivity index (χ0v) is 22.1. The van der Waals surface area contributed by atoms with E-state index < -0.39 is 0 Å². The number of ether oxygens (including phenoxy) is 3. The Balaban J connectivity index is 1.16. The SMILES string of the molecule is O=C(Oc1ccc(CC2CNCCN2C(=O)CCc2ccccc2Oc2ccccc2)cc1)N1CCOCC1. The van der Waals surface area contributed by atoms with Crippen LogP contribution >= 0.6 is 0 Å². The monoisotopic (exact) mass is 529 g/mol. The molecule has 39 heavy (non-hydrogen) atoms. The summed E-state index contributed by atoms with van der Waals surface area (Å²) in [4.78, 5) is 29.4. The molecule has 2 amide bonds. The lowest BCUT2D eigenvalue weighted by Crippen LogP contribution is -2.54. The van der Waals surface area contributed by atoms with Gasteiger partial charge < -0.3 is 29.3 Å². The van der Waals surface area contributed by atoms with Crippen molar-refractivity contribution in [3.05, 3.63) is 90.0 Å². The Hall–Kier alpha value is -3.88. The minimum absolute atomic E-state index is 0.0591. The maximum absolute atomic E-state index is 13.4. The highest BCUT2D eigenvalue weighted by molar-refractivity contribution is 5.77. The van der Waals surface area contributed by atoms with Crippen molar-refractivity contribution in [2.24, 2.45) is 0 Å². The minimum atomic E-state index is -0.352. The maximum Gasteiger partial charge on any atom is 0.415 e. The van der Waals surface area contributed by atoms with Gasteiger partial charge in [-0.05, 0) is 54.3 Å². The largest absolute Gasteiger partial charge is 0.457 e. The summed E-state index contributed by atoms with van der Waals surface area (Å²) in [5.41, 5.74) is 2.11. The first kappa shape index (κ1) is 26.7. The van der Waals surface area contributed by atoms with E-state index in [4.69, 9.17) is 14.2 Å². The van der Waals surface area contributed by atoms with Gasteiger partial charge in [0.15, 0.2) is 0 Å². The summed E-state index contributed by atoms with van der Waals surface area (Å²) in [6.45, 7) is 4.36. The van der Waals surface area contributed by atoms with E-state index in [1.54, 1.807) is 4.90 Å². The van der Waals surface area contributed by atoms with Gasteiger partial charge in [0, 0.05) is 45.2 Å². The van der Waals surface area contributed by atoms with Gasteiger partial charge in [0.1, 0.15) is 17.2 Å². The second-order valence-electron chi connectivity index (χ2n) is 9.78. The molecule has 8 nitrogen and oxygen atoms in total. The number of nitrogens with zero attached hydrogens (tertiary/aromatic N) is 2. The van der Waals surface area contributed by atoms with Crippen molar-refractivity contribution in [1.29, 1.82) is 0 Å². The molecule has 1 unspecified atom stereocenters. The molecule has 0 aliphatic carbocycles. The lowest BCUT2D eigenvalue weighted by molar-refractivity contribution is -0.134. The van der Waals surface area contributed by atoms with Crippen LogP contribution in [-0.4, -0.2) is 73.8 Å². The van der Waals surface area contributed by atoms with Crippen LogP contribution in [0.25, 0.3) is 0 Å². The van der Waals surface area contributed by atoms with Crippen LogP contribution in [0, 0.1) is 0 Å². The summed E-state index contributed by atoms with van der Waals surface area (Å²) in [6, 6.07) is 25.2. The van der Waals surface area contributed by atoms with Gasteiger partial charge in [0.05, 0.1) is 13.2 Å². The van der Waals surface area contributed by atoms with Crippen molar-refractivity contribution in [3.8, 4) is 17.2 Å². The molecule has 2 saturated heterocycles. The highest BCUT2D eigenvalue weighted by atomic mass is 16.6. The molecule has 3 aromatic carbocycles. The third kappa shape index (κ3) is 7.37. The van der Waals surface area contributed by atoms with Crippen LogP contribution in [0.5, 0.6) is 17.2 Å². The summed E-state index contributed by atoms with van der Waals surface area (Å²) in [5.74, 6) is 2.22. The molecule has 204 valence electrons. The van der Waals surface area contributed by atoms with Gasteiger partial charge in [0.25, 0.3) is 0 Å². The van der Waals surface area contributed by atoms with Gasteiger partial charge in [-0.15, -0.1) is 0 Å². The smallest absolute Gasteiger partial charge is 0.415 e. The van der Waals surface area contributed by atoms with Crippen LogP contribution in [0.1, 0.15) is 17.5 Å². The van der Waals surface area contributed by atoms with E-state index in [-0.39, 0.29) is 18.0 Å². The summed E-state index contributed by atoms with van der Waals surface area (Å²) < 4.78 is 16.9. The molecule has 5 rings (SSSR count). The highest BCUT2D eigenvalue weighted by Gasteiger charge is 2.27. The summed E-state index contributed by atoms with van der Waals surface area (Å²) in [7, 11) is 0. The second kappa shape index (κ2) is 13.3. The Morgan fingerprint density at radius 3 is 2.41 bits per heavy atom. The van der Waals surface area contributed by atoms with Crippen molar-refractivity contribution < 1.29 is 23.8 Å². The Morgan fingerprint density at radius 2 is 1.62 bits per heavy atom. The average Bonchev–Trinajstić information content (AvgIpc) is 2.99. The number of amides is 2. The lowest BCUT2D eigenvalue weighted by Gasteiger charge is -2.36. The van der Waals surface area contributed by atoms with E-state index >= 15 is 0 Å². The number of morpholine rings is 1. The molecule has 2 aliphatic heterocycles. The van der Waals surface area contributed by atoms with Crippen molar-refractivity contribution in [1.82, 2.24) is 15.1 Å². The van der Waals surface area contributed by atoms with Crippen LogP contribution in [0.2, 0.25) is 0 Å². The van der Waals surface area contributed by atoms with E-state index in [1.807, 2.05) is 83.8 Å². The van der Waals surface area contributed by atoms with Crippen LogP contribution in [0.3, 0.4) is 0 Å². The molecule has 1 atom stereocenters. The predicted molar refractivity (Wildman–Crippen MR) is 148 cm³/mol. The second-order valence-corrected chi connectivity index (χ2v) is 9.78. The van der Waals surface area contributed by atoms with E-state index in [1.165, 1.54) is 0 Å². The first-order chi connectivity index (χ1) is 19.2. The van der Waals surface area contributed by atoms with Gasteiger partial charge in [-0.3, -0.25) is 4.79 Å². The number of rotatable bonds is 8. The van der Waals surface area contributed by atoms with E-state index in [0.29, 0.717) is 51.4 Å². The van der Waals surface area contributed by atoms with Crippen molar-refractivity contribution in [2.45, 2.75) is 25.3 Å². The Bertz CT molecular complexity index is 1230. The molecular formula is C31H35N3O5. The minimum Gasteiger partial charge on any atom is -0.457 e. The third-order valence-corrected chi connectivity index (χ3v) is 7.09. The molecule has 2 heterocycles. The zero-order chi connectivity index (χ0) is 26.9. The first-order valence-electron chi connectivity index (χ1n) is 13.6. The molecule has 1 N–H and O–H groups in total. The fraction of sp³-hybridized carbons (Fsp3) is 0.355.